The van der Waals surface area contributed by atoms with Crippen molar-refractivity contribution in [3.63, 3.8) is 0 Å². The molecule has 9 heteroatoms. The molecule has 0 spiro atoms. The Bertz CT molecular complexity index is 1750. The summed E-state index contributed by atoms with van der Waals surface area (Å²) in [4.78, 5) is 37.4. The lowest BCUT2D eigenvalue weighted by Crippen LogP contribution is -2.44. The van der Waals surface area contributed by atoms with Gasteiger partial charge in [0.2, 0.25) is 0 Å². The van der Waals surface area contributed by atoms with Crippen LogP contribution in [0, 0.1) is 0 Å². The van der Waals surface area contributed by atoms with Crippen molar-refractivity contribution in [1.29, 1.82) is 0 Å². The lowest BCUT2D eigenvalue weighted by Gasteiger charge is -2.26. The summed E-state index contributed by atoms with van der Waals surface area (Å²) in [6, 6.07) is 0. The van der Waals surface area contributed by atoms with Crippen LogP contribution < -0.4 is 5.11 Å². The highest BCUT2D eigenvalue weighted by molar-refractivity contribution is 5.70. The number of esters is 2. The summed E-state index contributed by atoms with van der Waals surface area (Å²) >= 11 is 0. The summed E-state index contributed by atoms with van der Waals surface area (Å²) < 4.78 is 22.7. The van der Waals surface area contributed by atoms with E-state index in [0.29, 0.717) is 17.4 Å². The van der Waals surface area contributed by atoms with E-state index in [0.717, 1.165) is 128 Å². The number of hydrogen-bond donors (Lipinski definition) is 0. The lowest BCUT2D eigenvalue weighted by molar-refractivity contribution is -0.870. The van der Waals surface area contributed by atoms with Gasteiger partial charge in [-0.1, -0.05) is 244 Å². The number of ether oxygens (including phenoxy) is 4. The van der Waals surface area contributed by atoms with Gasteiger partial charge in [-0.2, -0.15) is 0 Å². The number of aliphatic carboxylic acids is 1. The SMILES string of the molecule is CC/C=C\C/C=C\C/C=C\C/C=C\C/C=C\C/C=C\C/C=C\CCCCCCCCCCCC(=O)OC(COC(=O)CCCCCCCCCCCC/C=C\C/C=C\C/C=C\C/C=C\CC)COC(OCC[N+](C)(C)C)C(=O)[O-]. The number of quaternary nitrogens is 1. The molecule has 0 saturated heterocycles. The Morgan fingerprint density at radius 1 is 0.380 bits per heavy atom. The minimum atomic E-state index is -1.63. The minimum absolute atomic E-state index is 0.139. The summed E-state index contributed by atoms with van der Waals surface area (Å²) in [5.74, 6) is -2.31. The smallest absolute Gasteiger partial charge is 0.306 e. The molecule has 2 atom stereocenters. The average Bonchev–Trinajstić information content (AvgIpc) is 3.42. The van der Waals surface area contributed by atoms with Crippen molar-refractivity contribution < 1.29 is 42.9 Å². The van der Waals surface area contributed by atoms with Gasteiger partial charge in [0.05, 0.1) is 40.3 Å². The van der Waals surface area contributed by atoms with Crippen molar-refractivity contribution >= 4 is 17.9 Å². The number of carboxylic acid groups (broad SMARTS) is 1. The molecule has 79 heavy (non-hydrogen) atoms. The zero-order chi connectivity index (χ0) is 57.6. The van der Waals surface area contributed by atoms with Crippen LogP contribution in [0.5, 0.6) is 0 Å². The highest BCUT2D eigenvalue weighted by atomic mass is 16.7. The number of hydrogen-bond acceptors (Lipinski definition) is 8. The molecule has 0 aliphatic heterocycles. The Labute approximate surface area is 484 Å². The third kappa shape index (κ3) is 60.9. The molecule has 0 radical (unpaired) electrons. The van der Waals surface area contributed by atoms with Crippen LogP contribution in [0.1, 0.15) is 232 Å². The van der Waals surface area contributed by atoms with Crippen LogP contribution in [-0.2, 0) is 33.3 Å². The maximum absolute atomic E-state index is 12.9. The van der Waals surface area contributed by atoms with Gasteiger partial charge in [0, 0.05) is 12.8 Å². The molecule has 0 rings (SSSR count). The number of carbonyl (C=O) groups is 3. The number of rotatable bonds is 56. The monoisotopic (exact) mass is 1100 g/mol. The Hall–Kier alpha value is -4.57. The van der Waals surface area contributed by atoms with Gasteiger partial charge >= 0.3 is 11.9 Å². The first-order valence-electron chi connectivity index (χ1n) is 31.3. The molecule has 0 aliphatic rings. The second kappa shape index (κ2) is 59.5. The molecule has 0 saturated carbocycles. The van der Waals surface area contributed by atoms with E-state index in [-0.39, 0.29) is 38.6 Å². The average molecular weight is 1100 g/mol. The molecule has 0 N–H and O–H groups in total. The number of allylic oxidation sites excluding steroid dienone is 22. The van der Waals surface area contributed by atoms with E-state index in [9.17, 15) is 19.5 Å². The van der Waals surface area contributed by atoms with Crippen molar-refractivity contribution in [2.45, 2.75) is 245 Å². The molecule has 0 aliphatic carbocycles. The van der Waals surface area contributed by atoms with Crippen molar-refractivity contribution in [3.05, 3.63) is 134 Å². The fourth-order valence-electron chi connectivity index (χ4n) is 8.15. The van der Waals surface area contributed by atoms with Crippen molar-refractivity contribution in [3.8, 4) is 0 Å². The summed E-state index contributed by atoms with van der Waals surface area (Å²) in [7, 11) is 5.91. The molecule has 0 aromatic carbocycles. The van der Waals surface area contributed by atoms with Crippen molar-refractivity contribution in [1.82, 2.24) is 0 Å². The summed E-state index contributed by atoms with van der Waals surface area (Å²) in [5.41, 5.74) is 0. The Morgan fingerprint density at radius 2 is 0.684 bits per heavy atom. The van der Waals surface area contributed by atoms with E-state index < -0.39 is 24.3 Å². The zero-order valence-corrected chi connectivity index (χ0v) is 50.9. The van der Waals surface area contributed by atoms with Gasteiger partial charge in [-0.25, -0.2) is 0 Å². The largest absolute Gasteiger partial charge is 0.545 e. The third-order valence-electron chi connectivity index (χ3n) is 12.9. The molecular weight excluding hydrogens is 983 g/mol. The lowest BCUT2D eigenvalue weighted by atomic mass is 10.1. The standard InChI is InChI=1S/C70H115NO8/c1-6-8-10-12-14-16-18-20-22-24-26-28-30-31-32-33-34-35-36-37-39-41-43-45-47-49-51-53-55-57-59-61-68(73)79-66(65-78-70(69(74)75)76-63-62-71(3,4)5)64-77-67(72)60-58-56-54-52-50-48-46-44-42-40-38-29-27-25-23-21-19-17-15-13-11-9-7-2/h8-11,14-17,20-23,26-29,31-32,34-35,37,39,66,70H,6-7,12-13,18-19,24-25,30,33,36,38,40-65H2,1-5H3/b10-8-,11-9-,16-14-,17-15-,22-20-,23-21-,28-26-,29-27-,32-31-,35-34-,39-37-. The number of likely N-dealkylation sites (N-methyl/N-ethyl adjacent to an activating group) is 1. The maximum atomic E-state index is 12.9. The molecule has 0 aromatic rings. The Balaban J connectivity index is 4.25. The molecule has 9 nitrogen and oxygen atoms in total. The van der Waals surface area contributed by atoms with Crippen LogP contribution in [0.3, 0.4) is 0 Å². The van der Waals surface area contributed by atoms with Gasteiger partial charge in [-0.15, -0.1) is 0 Å². The molecule has 2 unspecified atom stereocenters. The molecule has 0 fully saturated rings. The predicted molar refractivity (Wildman–Crippen MR) is 333 cm³/mol. The van der Waals surface area contributed by atoms with Crippen LogP contribution in [0.4, 0.5) is 0 Å². The summed E-state index contributed by atoms with van der Waals surface area (Å²) in [5, 5.41) is 11.8. The molecule has 0 aromatic heterocycles. The van der Waals surface area contributed by atoms with Crippen LogP contribution >= 0.6 is 0 Å². The molecule has 0 heterocycles. The minimum Gasteiger partial charge on any atom is -0.545 e. The first-order chi connectivity index (χ1) is 38.6. The van der Waals surface area contributed by atoms with Crippen molar-refractivity contribution in [2.24, 2.45) is 0 Å². The molecule has 0 amide bonds. The Morgan fingerprint density at radius 3 is 1.01 bits per heavy atom. The van der Waals surface area contributed by atoms with Gasteiger partial charge in [-0.05, 0) is 109 Å². The van der Waals surface area contributed by atoms with Gasteiger partial charge in [0.15, 0.2) is 12.4 Å². The number of carboxylic acids is 1. The van der Waals surface area contributed by atoms with Crippen LogP contribution in [-0.4, -0.2) is 82.3 Å². The van der Waals surface area contributed by atoms with Crippen molar-refractivity contribution in [2.75, 3.05) is 47.5 Å². The molecule has 448 valence electrons. The van der Waals surface area contributed by atoms with E-state index in [2.05, 4.69) is 148 Å². The second-order valence-corrected chi connectivity index (χ2v) is 21.6. The van der Waals surface area contributed by atoms with Gasteiger partial charge in [0.25, 0.3) is 0 Å². The topological polar surface area (TPSA) is 111 Å². The van der Waals surface area contributed by atoms with Crippen LogP contribution in [0.15, 0.2) is 134 Å². The molecule has 0 bridgehead atoms. The fraction of sp³-hybridized carbons (Fsp3) is 0.643. The van der Waals surface area contributed by atoms with Gasteiger partial charge in [0.1, 0.15) is 13.2 Å². The highest BCUT2D eigenvalue weighted by Crippen LogP contribution is 2.15. The second-order valence-electron chi connectivity index (χ2n) is 21.6. The number of nitrogens with zero attached hydrogens (tertiary/aromatic N) is 1. The maximum Gasteiger partial charge on any atom is 0.306 e. The van der Waals surface area contributed by atoms with E-state index in [1.165, 1.54) is 70.6 Å². The normalized spacial score (nSPS) is 13.7. The predicted octanol–water partition coefficient (Wildman–Crippen LogP) is 17.7. The fourth-order valence-corrected chi connectivity index (χ4v) is 8.15. The summed E-state index contributed by atoms with van der Waals surface area (Å²) in [6.07, 6.45) is 82.1. The first kappa shape index (κ1) is 74.4. The third-order valence-corrected chi connectivity index (χ3v) is 12.9. The van der Waals surface area contributed by atoms with Gasteiger partial charge in [-0.3, -0.25) is 9.59 Å². The quantitative estimate of drug-likeness (QED) is 0.0195. The van der Waals surface area contributed by atoms with E-state index in [4.69, 9.17) is 18.9 Å². The Kier molecular flexibility index (Phi) is 56.1. The van der Waals surface area contributed by atoms with Gasteiger partial charge < -0.3 is 33.3 Å². The summed E-state index contributed by atoms with van der Waals surface area (Å²) in [6.45, 7) is 4.50. The van der Waals surface area contributed by atoms with E-state index >= 15 is 0 Å². The van der Waals surface area contributed by atoms with Crippen LogP contribution in [0.25, 0.3) is 0 Å². The highest BCUT2D eigenvalue weighted by Gasteiger charge is 2.22. The number of carbonyl (C=O) groups excluding carboxylic acids is 3. The first-order valence-corrected chi connectivity index (χ1v) is 31.3. The molecular formula is C70H115NO8. The van der Waals surface area contributed by atoms with Crippen LogP contribution in [0.2, 0.25) is 0 Å². The van der Waals surface area contributed by atoms with E-state index in [1.807, 2.05) is 21.1 Å². The van der Waals surface area contributed by atoms with E-state index in [1.54, 1.807) is 0 Å². The zero-order valence-electron chi connectivity index (χ0n) is 50.9. The number of unbranched alkanes of at least 4 members (excludes halogenated alkanes) is 19.